The molecule has 1 heterocycles. The van der Waals surface area contributed by atoms with Crippen LogP contribution >= 0.6 is 11.3 Å². The Morgan fingerprint density at radius 1 is 1.22 bits per heavy atom. The molecule has 1 atom stereocenters. The molecule has 0 aliphatic carbocycles. The first-order chi connectivity index (χ1) is 12.7. The minimum absolute atomic E-state index is 0.0308. The molecule has 2 rings (SSSR count). The smallest absolute Gasteiger partial charge is 0.341 e. The van der Waals surface area contributed by atoms with Crippen molar-refractivity contribution in [3.63, 3.8) is 0 Å². The van der Waals surface area contributed by atoms with Crippen molar-refractivity contribution < 1.29 is 24.0 Å². The third-order valence-corrected chi connectivity index (χ3v) is 5.68. The molecule has 1 aromatic heterocycles. The topological polar surface area (TPSA) is 72.0 Å². The minimum atomic E-state index is -0.456. The van der Waals surface area contributed by atoms with E-state index in [1.165, 1.54) is 30.6 Å². The van der Waals surface area contributed by atoms with Gasteiger partial charge in [-0.1, -0.05) is 26.0 Å². The van der Waals surface area contributed by atoms with Crippen LogP contribution in [-0.2, 0) is 9.53 Å². The molecule has 27 heavy (non-hydrogen) atoms. The van der Waals surface area contributed by atoms with E-state index in [1.54, 1.807) is 12.1 Å². The number of halogens is 1. The minimum Gasteiger partial charge on any atom is -0.465 e. The van der Waals surface area contributed by atoms with Gasteiger partial charge in [0.15, 0.2) is 6.54 Å². The van der Waals surface area contributed by atoms with Crippen LogP contribution in [0.5, 0.6) is 0 Å². The van der Waals surface area contributed by atoms with Gasteiger partial charge < -0.3 is 15.4 Å². The number of thiophene rings is 1. The van der Waals surface area contributed by atoms with Crippen molar-refractivity contribution in [2.75, 3.05) is 19.0 Å². The molecular formula is C20H26FN2O3S+. The van der Waals surface area contributed by atoms with Gasteiger partial charge in [-0.05, 0) is 31.5 Å². The fraction of sp³-hybridized carbons (Fsp3) is 0.400. The van der Waals surface area contributed by atoms with Gasteiger partial charge in [0.25, 0.3) is 5.91 Å². The molecule has 0 aliphatic heterocycles. The zero-order valence-corrected chi connectivity index (χ0v) is 17.1. The molecule has 1 aromatic carbocycles. The Kier molecular flexibility index (Phi) is 7.10. The van der Waals surface area contributed by atoms with E-state index in [2.05, 4.69) is 19.2 Å². The van der Waals surface area contributed by atoms with Gasteiger partial charge in [-0.3, -0.25) is 4.79 Å². The van der Waals surface area contributed by atoms with Crippen molar-refractivity contribution >= 4 is 28.2 Å². The average molecular weight is 394 g/mol. The summed E-state index contributed by atoms with van der Waals surface area (Å²) in [6.45, 7) is 8.05. The van der Waals surface area contributed by atoms with E-state index >= 15 is 0 Å². The number of carbonyl (C=O) groups excluding carboxylic acids is 2. The lowest BCUT2D eigenvalue weighted by atomic mass is 9.96. The van der Waals surface area contributed by atoms with Crippen LogP contribution in [0.15, 0.2) is 24.3 Å². The number of nitrogens with two attached hydrogens (primary N) is 1. The molecule has 0 fully saturated rings. The third-order valence-electron chi connectivity index (χ3n) is 4.56. The lowest BCUT2D eigenvalue weighted by Gasteiger charge is -2.19. The summed E-state index contributed by atoms with van der Waals surface area (Å²) in [4.78, 5) is 25.4. The second kappa shape index (κ2) is 9.10. The van der Waals surface area contributed by atoms with Gasteiger partial charge in [0.2, 0.25) is 0 Å². The number of benzene rings is 1. The normalized spacial score (nSPS) is 12.1. The summed E-state index contributed by atoms with van der Waals surface area (Å²) in [5, 5.41) is 5.27. The van der Waals surface area contributed by atoms with E-state index < -0.39 is 5.97 Å². The number of carbonyl (C=O) groups is 2. The maximum atomic E-state index is 13.2. The number of methoxy groups -OCH3 is 1. The van der Waals surface area contributed by atoms with Gasteiger partial charge in [0.05, 0.1) is 12.7 Å². The number of anilines is 1. The molecule has 0 unspecified atom stereocenters. The van der Waals surface area contributed by atoms with E-state index in [1.807, 2.05) is 19.2 Å². The Hall–Kier alpha value is -2.25. The van der Waals surface area contributed by atoms with Gasteiger partial charge in [-0.25, -0.2) is 9.18 Å². The molecule has 3 N–H and O–H groups in total. The summed E-state index contributed by atoms with van der Waals surface area (Å²) >= 11 is 1.36. The van der Waals surface area contributed by atoms with Crippen LogP contribution in [0.3, 0.4) is 0 Å². The molecule has 2 aromatic rings. The van der Waals surface area contributed by atoms with E-state index in [0.29, 0.717) is 10.6 Å². The maximum absolute atomic E-state index is 13.2. The van der Waals surface area contributed by atoms with Gasteiger partial charge in [0.1, 0.15) is 16.9 Å². The number of esters is 1. The lowest BCUT2D eigenvalue weighted by Crippen LogP contribution is -2.88. The molecule has 5 nitrogen and oxygen atoms in total. The number of aryl methyl sites for hydroxylation is 1. The van der Waals surface area contributed by atoms with E-state index in [0.717, 1.165) is 16.0 Å². The Morgan fingerprint density at radius 2 is 1.85 bits per heavy atom. The fourth-order valence-corrected chi connectivity index (χ4v) is 4.02. The van der Waals surface area contributed by atoms with E-state index in [9.17, 15) is 14.0 Å². The monoisotopic (exact) mass is 393 g/mol. The lowest BCUT2D eigenvalue weighted by molar-refractivity contribution is -0.692. The standard InChI is InChI=1S/C20H25FN2O3S/c1-11(2)18(14-6-8-15(21)9-7-14)22-10-16(24)23-19-17(20(25)26-5)12(3)13(4)27-19/h6-9,11,18,22H,10H2,1-5H3,(H,23,24)/p+1/t18-/m0/s1. The van der Waals surface area contributed by atoms with Crippen LogP contribution < -0.4 is 10.6 Å². The van der Waals surface area contributed by atoms with Crippen LogP contribution in [0.1, 0.15) is 46.3 Å². The number of ether oxygens (including phenoxy) is 1. The quantitative estimate of drug-likeness (QED) is 0.710. The molecule has 0 aliphatic rings. The van der Waals surface area contributed by atoms with Crippen LogP contribution in [0, 0.1) is 25.6 Å². The number of hydrogen-bond donors (Lipinski definition) is 2. The Labute approximate surface area is 162 Å². The Balaban J connectivity index is 2.08. The van der Waals surface area contributed by atoms with Crippen molar-refractivity contribution in [2.24, 2.45) is 5.92 Å². The third kappa shape index (κ3) is 5.14. The summed E-state index contributed by atoms with van der Waals surface area (Å²) in [7, 11) is 1.32. The van der Waals surface area contributed by atoms with E-state index in [4.69, 9.17) is 4.74 Å². The molecule has 146 valence electrons. The molecule has 0 saturated carbocycles. The number of amides is 1. The second-order valence-corrected chi connectivity index (χ2v) is 8.01. The summed E-state index contributed by atoms with van der Waals surface area (Å²) < 4.78 is 18.0. The average Bonchev–Trinajstić information content (AvgIpc) is 2.89. The van der Waals surface area contributed by atoms with E-state index in [-0.39, 0.29) is 30.2 Å². The summed E-state index contributed by atoms with van der Waals surface area (Å²) in [5.74, 6) is -0.672. The highest BCUT2D eigenvalue weighted by Gasteiger charge is 2.24. The number of nitrogens with one attached hydrogen (secondary N) is 1. The number of quaternary nitrogens is 1. The molecule has 0 radical (unpaired) electrons. The molecule has 1 amide bonds. The maximum Gasteiger partial charge on any atom is 0.341 e. The second-order valence-electron chi connectivity index (χ2n) is 6.79. The SMILES string of the molecule is COC(=O)c1c(NC(=O)C[NH2+][C@H](c2ccc(F)cc2)C(C)C)sc(C)c1C. The van der Waals surface area contributed by atoms with Gasteiger partial charge >= 0.3 is 5.97 Å². The predicted molar refractivity (Wildman–Crippen MR) is 105 cm³/mol. The van der Waals surface area contributed by atoms with Crippen molar-refractivity contribution in [3.05, 3.63) is 51.7 Å². The molecule has 0 spiro atoms. The van der Waals surface area contributed by atoms with Gasteiger partial charge in [0, 0.05) is 16.4 Å². The molecule has 0 bridgehead atoms. The van der Waals surface area contributed by atoms with Crippen LogP contribution in [0.2, 0.25) is 0 Å². The van der Waals surface area contributed by atoms with Crippen molar-refractivity contribution in [2.45, 2.75) is 33.7 Å². The summed E-state index contributed by atoms with van der Waals surface area (Å²) in [6, 6.07) is 6.38. The van der Waals surface area contributed by atoms with Crippen LogP contribution in [-0.4, -0.2) is 25.5 Å². The highest BCUT2D eigenvalue weighted by Crippen LogP contribution is 2.32. The van der Waals surface area contributed by atoms with Gasteiger partial charge in [-0.15, -0.1) is 11.3 Å². The van der Waals surface area contributed by atoms with Crippen molar-refractivity contribution in [3.8, 4) is 0 Å². The number of hydrogen-bond acceptors (Lipinski definition) is 4. The first-order valence-corrected chi connectivity index (χ1v) is 9.63. The molecule has 0 saturated heterocycles. The Morgan fingerprint density at radius 3 is 2.41 bits per heavy atom. The highest BCUT2D eigenvalue weighted by atomic mass is 32.1. The largest absolute Gasteiger partial charge is 0.465 e. The highest BCUT2D eigenvalue weighted by molar-refractivity contribution is 7.16. The van der Waals surface area contributed by atoms with Crippen molar-refractivity contribution in [1.82, 2.24) is 0 Å². The molecular weight excluding hydrogens is 367 g/mol. The van der Waals surface area contributed by atoms with Gasteiger partial charge in [-0.2, -0.15) is 0 Å². The zero-order chi connectivity index (χ0) is 20.1. The molecule has 7 heteroatoms. The van der Waals surface area contributed by atoms with Crippen LogP contribution in [0.4, 0.5) is 9.39 Å². The van der Waals surface area contributed by atoms with Crippen molar-refractivity contribution in [1.29, 1.82) is 0 Å². The van der Waals surface area contributed by atoms with Crippen LogP contribution in [0.25, 0.3) is 0 Å². The zero-order valence-electron chi connectivity index (χ0n) is 16.3. The summed E-state index contributed by atoms with van der Waals surface area (Å²) in [6.07, 6.45) is 0. The fourth-order valence-electron chi connectivity index (χ4n) is 2.95. The predicted octanol–water partition coefficient (Wildman–Crippen LogP) is 3.19. The Bertz CT molecular complexity index is 815. The first kappa shape index (κ1) is 21.1. The summed E-state index contributed by atoms with van der Waals surface area (Å²) in [5.41, 5.74) is 2.20. The number of rotatable bonds is 7. The first-order valence-electron chi connectivity index (χ1n) is 8.81.